The fraction of sp³-hybridized carbons (Fsp3) is 0.763. The number of hydrogen-bond acceptors (Lipinski definition) is 5. The van der Waals surface area contributed by atoms with Gasteiger partial charge < -0.3 is 25.7 Å². The van der Waals surface area contributed by atoms with Crippen molar-refractivity contribution in [2.45, 2.75) is 179 Å². The maximum absolute atomic E-state index is 12.3. The molecule has 0 rings (SSSR count). The zero-order valence-electron chi connectivity index (χ0n) is 28.4. The van der Waals surface area contributed by atoms with Crippen LogP contribution in [0, 0.1) is 0 Å². The molecule has 0 aromatic heterocycles. The van der Waals surface area contributed by atoms with Gasteiger partial charge in [-0.1, -0.05) is 133 Å². The molecular weight excluding hydrogens is 550 g/mol. The number of carbonyl (C=O) groups excluding carboxylic acids is 1. The summed E-state index contributed by atoms with van der Waals surface area (Å²) in [4.78, 5) is 12.3. The highest BCUT2D eigenvalue weighted by molar-refractivity contribution is 5.76. The SMILES string of the molecule is CCCCCCCCCCCCCC[C@H](O)[C@@H](O)[C@H](CO)NC(=O)CCC/C=C\C/C=C\C/C=C\C/C=C\CCC[C@H](C)O. The van der Waals surface area contributed by atoms with Crippen LogP contribution in [0.4, 0.5) is 0 Å². The van der Waals surface area contributed by atoms with Gasteiger partial charge in [-0.3, -0.25) is 4.79 Å². The van der Waals surface area contributed by atoms with Crippen molar-refractivity contribution in [1.82, 2.24) is 5.32 Å². The molecule has 0 aliphatic heterocycles. The Bertz CT molecular complexity index is 746. The summed E-state index contributed by atoms with van der Waals surface area (Å²) in [5.41, 5.74) is 0. The van der Waals surface area contributed by atoms with Crippen molar-refractivity contribution < 1.29 is 25.2 Å². The summed E-state index contributed by atoms with van der Waals surface area (Å²) in [5.74, 6) is -0.213. The third-order valence-electron chi connectivity index (χ3n) is 7.95. The molecule has 0 bridgehead atoms. The summed E-state index contributed by atoms with van der Waals surface area (Å²) in [5, 5.41) is 42.5. The Morgan fingerprint density at radius 3 is 1.55 bits per heavy atom. The monoisotopic (exact) mass is 620 g/mol. The van der Waals surface area contributed by atoms with Crippen LogP contribution in [0.3, 0.4) is 0 Å². The second-order valence-corrected chi connectivity index (χ2v) is 12.4. The molecule has 0 aromatic carbocycles. The predicted molar refractivity (Wildman–Crippen MR) is 187 cm³/mol. The van der Waals surface area contributed by atoms with E-state index in [-0.39, 0.29) is 12.0 Å². The molecule has 1 amide bonds. The highest BCUT2D eigenvalue weighted by Crippen LogP contribution is 2.15. The number of carbonyl (C=O) groups is 1. The lowest BCUT2D eigenvalue weighted by Crippen LogP contribution is -2.50. The Hall–Kier alpha value is -1.73. The van der Waals surface area contributed by atoms with E-state index in [1.165, 1.54) is 57.8 Å². The third-order valence-corrected chi connectivity index (χ3v) is 7.95. The van der Waals surface area contributed by atoms with Crippen LogP contribution in [-0.2, 0) is 4.79 Å². The van der Waals surface area contributed by atoms with Crippen molar-refractivity contribution >= 4 is 5.91 Å². The van der Waals surface area contributed by atoms with Crippen LogP contribution in [0.15, 0.2) is 48.6 Å². The summed E-state index contributed by atoms with van der Waals surface area (Å²) in [6.07, 6.45) is 37.6. The number of nitrogens with one attached hydrogen (secondary N) is 1. The zero-order chi connectivity index (χ0) is 32.5. The topological polar surface area (TPSA) is 110 Å². The van der Waals surface area contributed by atoms with Crippen molar-refractivity contribution in [1.29, 1.82) is 0 Å². The normalized spacial score (nSPS) is 15.1. The molecule has 0 heterocycles. The zero-order valence-corrected chi connectivity index (χ0v) is 28.4. The molecule has 256 valence electrons. The van der Waals surface area contributed by atoms with E-state index in [1.54, 1.807) is 0 Å². The molecule has 6 heteroatoms. The largest absolute Gasteiger partial charge is 0.394 e. The first-order valence-corrected chi connectivity index (χ1v) is 18.0. The van der Waals surface area contributed by atoms with Gasteiger partial charge in [-0.2, -0.15) is 0 Å². The van der Waals surface area contributed by atoms with Crippen LogP contribution in [-0.4, -0.2) is 57.3 Å². The lowest BCUT2D eigenvalue weighted by atomic mass is 9.99. The first kappa shape index (κ1) is 42.3. The summed E-state index contributed by atoms with van der Waals surface area (Å²) < 4.78 is 0. The number of unbranched alkanes of at least 4 members (excludes halogenated alkanes) is 13. The van der Waals surface area contributed by atoms with Gasteiger partial charge in [-0.15, -0.1) is 0 Å². The lowest BCUT2D eigenvalue weighted by molar-refractivity contribution is -0.124. The van der Waals surface area contributed by atoms with Gasteiger partial charge in [0.1, 0.15) is 6.10 Å². The minimum Gasteiger partial charge on any atom is -0.394 e. The van der Waals surface area contributed by atoms with Gasteiger partial charge in [0.2, 0.25) is 5.91 Å². The van der Waals surface area contributed by atoms with Gasteiger partial charge in [0.15, 0.2) is 0 Å². The summed E-state index contributed by atoms with van der Waals surface area (Å²) in [6, 6.07) is -0.846. The van der Waals surface area contributed by atoms with Crippen LogP contribution in [0.25, 0.3) is 0 Å². The lowest BCUT2D eigenvalue weighted by Gasteiger charge is -2.26. The molecule has 0 fully saturated rings. The second kappa shape index (κ2) is 32.7. The van der Waals surface area contributed by atoms with Gasteiger partial charge >= 0.3 is 0 Å². The molecule has 0 unspecified atom stereocenters. The Morgan fingerprint density at radius 1 is 0.614 bits per heavy atom. The molecule has 0 aliphatic rings. The smallest absolute Gasteiger partial charge is 0.220 e. The molecular formula is C38H69NO5. The maximum atomic E-state index is 12.3. The van der Waals surface area contributed by atoms with Crippen molar-refractivity contribution in [2.75, 3.05) is 6.61 Å². The molecule has 44 heavy (non-hydrogen) atoms. The standard InChI is InChI=1S/C38H69NO5/c1-3-4-5-6-7-8-9-16-19-22-25-28-31-36(42)38(44)35(33-40)39-37(43)32-29-26-23-20-17-14-12-10-11-13-15-18-21-24-27-30-34(2)41/h11-14,18,20-21,23,34-36,38,40-42,44H,3-10,15-17,19,22,24-33H2,1-2H3,(H,39,43)/b13-11-,14-12-,21-18-,23-20-/t34-,35-,36-,38-/m0/s1. The van der Waals surface area contributed by atoms with E-state index in [1.807, 2.05) is 6.92 Å². The molecule has 0 spiro atoms. The molecule has 0 aliphatic carbocycles. The minimum atomic E-state index is -1.17. The summed E-state index contributed by atoms with van der Waals surface area (Å²) in [7, 11) is 0. The van der Waals surface area contributed by atoms with Gasteiger partial charge in [-0.25, -0.2) is 0 Å². The van der Waals surface area contributed by atoms with Gasteiger partial charge in [0.05, 0.1) is 24.9 Å². The van der Waals surface area contributed by atoms with Gasteiger partial charge in [0.25, 0.3) is 0 Å². The van der Waals surface area contributed by atoms with Crippen LogP contribution in [0.1, 0.15) is 155 Å². The number of rotatable bonds is 31. The molecule has 5 N–H and O–H groups in total. The predicted octanol–water partition coefficient (Wildman–Crippen LogP) is 8.39. The number of amides is 1. The molecule has 0 saturated carbocycles. The molecule has 6 nitrogen and oxygen atoms in total. The van der Waals surface area contributed by atoms with Crippen molar-refractivity contribution in [3.63, 3.8) is 0 Å². The van der Waals surface area contributed by atoms with E-state index in [2.05, 4.69) is 60.8 Å². The van der Waals surface area contributed by atoms with Crippen molar-refractivity contribution in [2.24, 2.45) is 0 Å². The van der Waals surface area contributed by atoms with Crippen LogP contribution < -0.4 is 5.32 Å². The quantitative estimate of drug-likeness (QED) is 0.0395. The fourth-order valence-electron chi connectivity index (χ4n) is 5.11. The van der Waals surface area contributed by atoms with E-state index in [0.29, 0.717) is 19.3 Å². The van der Waals surface area contributed by atoms with Crippen LogP contribution >= 0.6 is 0 Å². The van der Waals surface area contributed by atoms with Gasteiger partial charge in [-0.05, 0) is 64.7 Å². The number of aliphatic hydroxyl groups is 4. The Balaban J connectivity index is 3.85. The maximum Gasteiger partial charge on any atom is 0.220 e. The fourth-order valence-corrected chi connectivity index (χ4v) is 5.11. The minimum absolute atomic E-state index is 0.206. The highest BCUT2D eigenvalue weighted by Gasteiger charge is 2.26. The first-order chi connectivity index (χ1) is 21.4. The van der Waals surface area contributed by atoms with E-state index in [4.69, 9.17) is 0 Å². The summed E-state index contributed by atoms with van der Waals surface area (Å²) >= 11 is 0. The number of hydrogen-bond donors (Lipinski definition) is 5. The van der Waals surface area contributed by atoms with Crippen molar-refractivity contribution in [3.8, 4) is 0 Å². The summed E-state index contributed by atoms with van der Waals surface area (Å²) in [6.45, 7) is 3.68. The molecule has 0 aromatic rings. The Kier molecular flexibility index (Phi) is 31.4. The average Bonchev–Trinajstić information content (AvgIpc) is 3.01. The number of aliphatic hydroxyl groups excluding tert-OH is 4. The van der Waals surface area contributed by atoms with Crippen LogP contribution in [0.2, 0.25) is 0 Å². The van der Waals surface area contributed by atoms with E-state index >= 15 is 0 Å². The van der Waals surface area contributed by atoms with Crippen molar-refractivity contribution in [3.05, 3.63) is 48.6 Å². The Labute approximate surface area is 270 Å². The Morgan fingerprint density at radius 2 is 1.07 bits per heavy atom. The highest BCUT2D eigenvalue weighted by atomic mass is 16.3. The number of allylic oxidation sites excluding steroid dienone is 8. The van der Waals surface area contributed by atoms with E-state index in [0.717, 1.165) is 64.2 Å². The van der Waals surface area contributed by atoms with E-state index in [9.17, 15) is 25.2 Å². The van der Waals surface area contributed by atoms with Gasteiger partial charge in [0, 0.05) is 6.42 Å². The molecule has 4 atom stereocenters. The molecule has 0 saturated heterocycles. The molecule has 0 radical (unpaired) electrons. The van der Waals surface area contributed by atoms with Crippen LogP contribution in [0.5, 0.6) is 0 Å². The first-order valence-electron chi connectivity index (χ1n) is 18.0. The van der Waals surface area contributed by atoms with E-state index < -0.39 is 24.9 Å². The second-order valence-electron chi connectivity index (χ2n) is 12.4. The third kappa shape index (κ3) is 29.0. The average molecular weight is 620 g/mol.